The number of para-hydroxylation sites is 1. The lowest BCUT2D eigenvalue weighted by Crippen LogP contribution is -2.27. The van der Waals surface area contributed by atoms with Crippen LogP contribution >= 0.6 is 0 Å². The highest BCUT2D eigenvalue weighted by molar-refractivity contribution is 5.90. The van der Waals surface area contributed by atoms with E-state index in [1.54, 1.807) is 6.20 Å². The van der Waals surface area contributed by atoms with Gasteiger partial charge in [-0.3, -0.25) is 14.3 Å². The average molecular weight is 397 g/mol. The number of nitrogens with zero attached hydrogens (tertiary/aromatic N) is 3. The van der Waals surface area contributed by atoms with Gasteiger partial charge in [0.05, 0.1) is 37.2 Å². The molecule has 2 amide bonds. The van der Waals surface area contributed by atoms with Crippen LogP contribution in [0.15, 0.2) is 53.3 Å². The number of amides is 2. The van der Waals surface area contributed by atoms with Gasteiger partial charge in [-0.25, -0.2) is 0 Å². The Hall–Kier alpha value is -3.62. The third-order valence-electron chi connectivity index (χ3n) is 3.99. The molecule has 2 N–H and O–H groups in total. The van der Waals surface area contributed by atoms with Crippen LogP contribution in [0.2, 0.25) is 0 Å². The van der Waals surface area contributed by atoms with E-state index in [1.807, 2.05) is 43.3 Å². The average Bonchev–Trinajstić information content (AvgIpc) is 3.36. The Bertz CT molecular complexity index is 935. The maximum atomic E-state index is 12.0. The lowest BCUT2D eigenvalue weighted by Gasteiger charge is -2.06. The lowest BCUT2D eigenvalue weighted by molar-refractivity contribution is -0.122. The lowest BCUT2D eigenvalue weighted by atomic mass is 10.3. The van der Waals surface area contributed by atoms with E-state index >= 15 is 0 Å². The monoisotopic (exact) mass is 397 g/mol. The Balaban J connectivity index is 1.37. The topological polar surface area (TPSA) is 111 Å². The predicted octanol–water partition coefficient (Wildman–Crippen LogP) is 2.16. The van der Waals surface area contributed by atoms with E-state index in [4.69, 9.17) is 9.26 Å². The van der Waals surface area contributed by atoms with Crippen molar-refractivity contribution in [3.8, 4) is 5.75 Å². The van der Waals surface area contributed by atoms with Crippen LogP contribution in [0.4, 0.5) is 5.69 Å². The van der Waals surface area contributed by atoms with Crippen LogP contribution in [0.5, 0.6) is 5.75 Å². The van der Waals surface area contributed by atoms with Gasteiger partial charge in [-0.05, 0) is 18.6 Å². The molecule has 3 rings (SSSR count). The van der Waals surface area contributed by atoms with E-state index < -0.39 is 0 Å². The molecule has 0 unspecified atom stereocenters. The van der Waals surface area contributed by atoms with Crippen LogP contribution in [0.1, 0.15) is 24.8 Å². The second kappa shape index (κ2) is 10.1. The highest BCUT2D eigenvalue weighted by atomic mass is 16.5. The van der Waals surface area contributed by atoms with E-state index in [1.165, 1.54) is 10.9 Å². The Morgan fingerprint density at radius 2 is 2.03 bits per heavy atom. The number of hydrogen-bond acceptors (Lipinski definition) is 6. The van der Waals surface area contributed by atoms with Crippen molar-refractivity contribution in [2.75, 3.05) is 11.9 Å². The van der Waals surface area contributed by atoms with Crippen LogP contribution in [0, 0.1) is 0 Å². The number of nitrogens with one attached hydrogen (secondary N) is 2. The summed E-state index contributed by atoms with van der Waals surface area (Å²) in [6, 6.07) is 11.1. The first-order valence-electron chi connectivity index (χ1n) is 9.33. The Morgan fingerprint density at radius 3 is 2.79 bits per heavy atom. The molecule has 29 heavy (non-hydrogen) atoms. The SMILES string of the molecule is CCc1cc(CNC(=O)Cn2cc(NC(=O)CCOc3ccccc3)cn2)on1. The van der Waals surface area contributed by atoms with Crippen LogP contribution in [0.25, 0.3) is 0 Å². The highest BCUT2D eigenvalue weighted by Crippen LogP contribution is 2.09. The van der Waals surface area contributed by atoms with Crippen LogP contribution in [-0.4, -0.2) is 33.4 Å². The van der Waals surface area contributed by atoms with Gasteiger partial charge in [0.25, 0.3) is 0 Å². The first-order chi connectivity index (χ1) is 14.1. The van der Waals surface area contributed by atoms with Crippen molar-refractivity contribution < 1.29 is 18.8 Å². The summed E-state index contributed by atoms with van der Waals surface area (Å²) in [6.07, 6.45) is 4.07. The molecule has 2 heterocycles. The smallest absolute Gasteiger partial charge is 0.242 e. The molecule has 2 aromatic heterocycles. The minimum absolute atomic E-state index is 0.0295. The summed E-state index contributed by atoms with van der Waals surface area (Å²) in [4.78, 5) is 24.0. The number of anilines is 1. The van der Waals surface area contributed by atoms with E-state index in [2.05, 4.69) is 20.9 Å². The maximum absolute atomic E-state index is 12.0. The minimum atomic E-state index is -0.225. The molecule has 0 saturated carbocycles. The fourth-order valence-electron chi connectivity index (χ4n) is 2.51. The zero-order valence-corrected chi connectivity index (χ0v) is 16.1. The van der Waals surface area contributed by atoms with Crippen molar-refractivity contribution in [3.63, 3.8) is 0 Å². The van der Waals surface area contributed by atoms with Gasteiger partial charge < -0.3 is 19.9 Å². The summed E-state index contributed by atoms with van der Waals surface area (Å²) in [6.45, 7) is 2.54. The van der Waals surface area contributed by atoms with E-state index in [0.717, 1.165) is 17.9 Å². The van der Waals surface area contributed by atoms with E-state index in [-0.39, 0.29) is 37.9 Å². The first-order valence-corrected chi connectivity index (χ1v) is 9.33. The van der Waals surface area contributed by atoms with Gasteiger partial charge in [-0.1, -0.05) is 30.3 Å². The molecule has 3 aromatic rings. The van der Waals surface area contributed by atoms with E-state index in [0.29, 0.717) is 11.4 Å². The third kappa shape index (κ3) is 6.49. The molecule has 0 aliphatic heterocycles. The Labute approximate surface area is 168 Å². The minimum Gasteiger partial charge on any atom is -0.493 e. The highest BCUT2D eigenvalue weighted by Gasteiger charge is 2.09. The molecule has 0 bridgehead atoms. The third-order valence-corrected chi connectivity index (χ3v) is 3.99. The Kier molecular flexibility index (Phi) is 6.99. The van der Waals surface area contributed by atoms with Gasteiger partial charge in [-0.2, -0.15) is 5.10 Å². The fraction of sp³-hybridized carbons (Fsp3) is 0.300. The summed E-state index contributed by atoms with van der Waals surface area (Å²) >= 11 is 0. The number of aryl methyl sites for hydroxylation is 1. The molecule has 0 atom stereocenters. The molecule has 9 nitrogen and oxygen atoms in total. The van der Waals surface area contributed by atoms with Crippen molar-refractivity contribution in [1.82, 2.24) is 20.3 Å². The molecule has 9 heteroatoms. The number of hydrogen-bond donors (Lipinski definition) is 2. The van der Waals surface area contributed by atoms with Crippen molar-refractivity contribution in [2.45, 2.75) is 32.9 Å². The molecular weight excluding hydrogens is 374 g/mol. The number of aromatic nitrogens is 3. The molecule has 0 aliphatic rings. The number of carbonyl (C=O) groups is 2. The van der Waals surface area contributed by atoms with E-state index in [9.17, 15) is 9.59 Å². The summed E-state index contributed by atoms with van der Waals surface area (Å²) in [5.74, 6) is 0.899. The van der Waals surface area contributed by atoms with Gasteiger partial charge in [0.15, 0.2) is 5.76 Å². The molecular formula is C20H23N5O4. The van der Waals surface area contributed by atoms with Gasteiger partial charge in [-0.15, -0.1) is 0 Å². The number of benzene rings is 1. The molecule has 0 saturated heterocycles. The number of ether oxygens (including phenoxy) is 1. The van der Waals surface area contributed by atoms with Gasteiger partial charge >= 0.3 is 0 Å². The van der Waals surface area contributed by atoms with Crippen molar-refractivity contribution >= 4 is 17.5 Å². The second-order valence-electron chi connectivity index (χ2n) is 6.30. The molecule has 0 radical (unpaired) electrons. The fourth-order valence-corrected chi connectivity index (χ4v) is 2.51. The van der Waals surface area contributed by atoms with Crippen LogP contribution in [-0.2, 0) is 29.1 Å². The Morgan fingerprint density at radius 1 is 1.21 bits per heavy atom. The van der Waals surface area contributed by atoms with Gasteiger partial charge in [0.1, 0.15) is 12.3 Å². The molecule has 152 valence electrons. The normalized spacial score (nSPS) is 10.5. The summed E-state index contributed by atoms with van der Waals surface area (Å²) in [5, 5.41) is 13.4. The zero-order valence-electron chi connectivity index (χ0n) is 16.1. The van der Waals surface area contributed by atoms with Crippen LogP contribution < -0.4 is 15.4 Å². The number of carbonyl (C=O) groups excluding carboxylic acids is 2. The number of rotatable bonds is 10. The van der Waals surface area contributed by atoms with Crippen molar-refractivity contribution in [2.24, 2.45) is 0 Å². The standard InChI is InChI=1S/C20H23N5O4/c1-2-15-10-18(29-24-15)12-21-20(27)14-25-13-16(11-22-25)23-19(26)8-9-28-17-6-4-3-5-7-17/h3-7,10-11,13H,2,8-9,12,14H2,1H3,(H,21,27)(H,23,26). The first kappa shape index (κ1) is 20.1. The summed E-state index contributed by atoms with van der Waals surface area (Å²) in [5.41, 5.74) is 1.36. The summed E-state index contributed by atoms with van der Waals surface area (Å²) in [7, 11) is 0. The quantitative estimate of drug-likeness (QED) is 0.542. The molecule has 1 aromatic carbocycles. The predicted molar refractivity (Wildman–Crippen MR) is 105 cm³/mol. The molecule has 0 fully saturated rings. The van der Waals surface area contributed by atoms with Crippen molar-refractivity contribution in [1.29, 1.82) is 0 Å². The van der Waals surface area contributed by atoms with Crippen LogP contribution in [0.3, 0.4) is 0 Å². The molecule has 0 aliphatic carbocycles. The van der Waals surface area contributed by atoms with Crippen molar-refractivity contribution in [3.05, 3.63) is 60.2 Å². The zero-order chi connectivity index (χ0) is 20.5. The maximum Gasteiger partial charge on any atom is 0.242 e. The largest absolute Gasteiger partial charge is 0.493 e. The second-order valence-corrected chi connectivity index (χ2v) is 6.30. The summed E-state index contributed by atoms with van der Waals surface area (Å²) < 4.78 is 12.1. The van der Waals surface area contributed by atoms with Gasteiger partial charge in [0.2, 0.25) is 11.8 Å². The molecule has 0 spiro atoms. The van der Waals surface area contributed by atoms with Gasteiger partial charge in [0, 0.05) is 12.3 Å².